The van der Waals surface area contributed by atoms with Crippen LogP contribution in [0.25, 0.3) is 0 Å². The first-order chi connectivity index (χ1) is 11.1. The quantitative estimate of drug-likeness (QED) is 0.811. The van der Waals surface area contributed by atoms with Gasteiger partial charge in [0.1, 0.15) is 5.82 Å². The summed E-state index contributed by atoms with van der Waals surface area (Å²) in [7, 11) is 0. The number of hydrogen-bond acceptors (Lipinski definition) is 3. The molecule has 3 heterocycles. The predicted molar refractivity (Wildman–Crippen MR) is 81.6 cm³/mol. The van der Waals surface area contributed by atoms with E-state index in [0.29, 0.717) is 38.4 Å². The van der Waals surface area contributed by atoms with Crippen LogP contribution in [0.1, 0.15) is 45.8 Å². The van der Waals surface area contributed by atoms with E-state index in [2.05, 4.69) is 0 Å². The van der Waals surface area contributed by atoms with E-state index in [4.69, 9.17) is 9.15 Å². The van der Waals surface area contributed by atoms with Crippen molar-refractivity contribution in [1.29, 1.82) is 0 Å². The van der Waals surface area contributed by atoms with Crippen molar-refractivity contribution in [1.82, 2.24) is 4.90 Å². The highest BCUT2D eigenvalue weighted by molar-refractivity contribution is 5.93. The number of benzene rings is 1. The normalized spacial score (nSPS) is 20.1. The van der Waals surface area contributed by atoms with Gasteiger partial charge in [-0.3, -0.25) is 4.79 Å². The van der Waals surface area contributed by atoms with Gasteiger partial charge in [-0.05, 0) is 36.6 Å². The Hall–Kier alpha value is -2.14. The summed E-state index contributed by atoms with van der Waals surface area (Å²) in [5.74, 6) is 0.118. The van der Waals surface area contributed by atoms with Gasteiger partial charge in [-0.25, -0.2) is 4.39 Å². The highest BCUT2D eigenvalue weighted by Gasteiger charge is 2.32. The average molecular weight is 315 g/mol. The maximum absolute atomic E-state index is 13.4. The molecule has 23 heavy (non-hydrogen) atoms. The summed E-state index contributed by atoms with van der Waals surface area (Å²) in [6, 6.07) is 4.71. The molecule has 1 aromatic heterocycles. The first-order valence-electron chi connectivity index (χ1n) is 7.91. The van der Waals surface area contributed by atoms with Crippen molar-refractivity contribution in [3.8, 4) is 0 Å². The molecule has 0 radical (unpaired) electrons. The van der Waals surface area contributed by atoms with Gasteiger partial charge < -0.3 is 14.1 Å². The molecule has 1 amide bonds. The molecule has 2 aliphatic heterocycles. The largest absolute Gasteiger partial charge is 0.458 e. The van der Waals surface area contributed by atoms with Crippen LogP contribution < -0.4 is 0 Å². The van der Waals surface area contributed by atoms with Gasteiger partial charge in [0, 0.05) is 24.1 Å². The zero-order valence-corrected chi connectivity index (χ0v) is 13.0. The van der Waals surface area contributed by atoms with E-state index in [0.717, 1.165) is 22.3 Å². The van der Waals surface area contributed by atoms with Crippen LogP contribution in [-0.4, -0.2) is 24.0 Å². The molecule has 0 N–H and O–H groups in total. The van der Waals surface area contributed by atoms with Crippen LogP contribution >= 0.6 is 0 Å². The van der Waals surface area contributed by atoms with E-state index < -0.39 is 0 Å². The molecule has 4 nitrogen and oxygen atoms in total. The zero-order valence-electron chi connectivity index (χ0n) is 13.0. The Morgan fingerprint density at radius 3 is 3.04 bits per heavy atom. The topological polar surface area (TPSA) is 42.7 Å². The second-order valence-corrected chi connectivity index (χ2v) is 6.14. The summed E-state index contributed by atoms with van der Waals surface area (Å²) in [5, 5.41) is 0. The van der Waals surface area contributed by atoms with E-state index in [-0.39, 0.29) is 17.8 Å². The minimum Gasteiger partial charge on any atom is -0.458 e. The number of fused-ring (bicyclic) bond motifs is 2. The van der Waals surface area contributed by atoms with Crippen molar-refractivity contribution in [2.75, 3.05) is 13.2 Å². The summed E-state index contributed by atoms with van der Waals surface area (Å²) < 4.78 is 24.3. The van der Waals surface area contributed by atoms with E-state index in [1.165, 1.54) is 6.07 Å². The summed E-state index contributed by atoms with van der Waals surface area (Å²) in [5.41, 5.74) is 3.93. The molecule has 120 valence electrons. The molecule has 0 saturated heterocycles. The average Bonchev–Trinajstić information content (AvgIpc) is 2.98. The van der Waals surface area contributed by atoms with Crippen LogP contribution in [0, 0.1) is 5.82 Å². The van der Waals surface area contributed by atoms with Crippen molar-refractivity contribution < 1.29 is 18.3 Å². The summed E-state index contributed by atoms with van der Waals surface area (Å²) in [4.78, 5) is 14.8. The van der Waals surface area contributed by atoms with E-state index in [1.54, 1.807) is 18.4 Å². The van der Waals surface area contributed by atoms with Gasteiger partial charge in [0.05, 0.1) is 25.5 Å². The lowest BCUT2D eigenvalue weighted by molar-refractivity contribution is 0.0641. The lowest BCUT2D eigenvalue weighted by Crippen LogP contribution is -2.39. The Morgan fingerprint density at radius 2 is 2.17 bits per heavy atom. The molecule has 0 fully saturated rings. The lowest BCUT2D eigenvalue weighted by atomic mass is 9.93. The van der Waals surface area contributed by atoms with Crippen molar-refractivity contribution in [2.24, 2.45) is 0 Å². The van der Waals surface area contributed by atoms with Crippen molar-refractivity contribution >= 4 is 5.91 Å². The third kappa shape index (κ3) is 2.36. The fourth-order valence-corrected chi connectivity index (χ4v) is 3.56. The predicted octanol–water partition coefficient (Wildman–Crippen LogP) is 3.25. The molecule has 1 aromatic carbocycles. The Bertz CT molecular complexity index is 768. The highest BCUT2D eigenvalue weighted by atomic mass is 19.1. The minimum absolute atomic E-state index is 0.0874. The summed E-state index contributed by atoms with van der Waals surface area (Å²) in [6.07, 6.45) is 2.99. The number of furan rings is 1. The maximum atomic E-state index is 13.4. The molecule has 0 aliphatic carbocycles. The van der Waals surface area contributed by atoms with E-state index >= 15 is 0 Å². The van der Waals surface area contributed by atoms with Gasteiger partial charge in [0.2, 0.25) is 0 Å². The Morgan fingerprint density at radius 1 is 1.30 bits per heavy atom. The van der Waals surface area contributed by atoms with Crippen LogP contribution in [0.15, 0.2) is 28.9 Å². The number of carbonyl (C=O) groups excluding carboxylic acids is 1. The van der Waals surface area contributed by atoms with Crippen molar-refractivity contribution in [3.63, 3.8) is 0 Å². The molecule has 0 bridgehead atoms. The molecule has 5 heteroatoms. The molecule has 0 saturated carbocycles. The molecular formula is C18H18FNO3. The summed E-state index contributed by atoms with van der Waals surface area (Å²) in [6.45, 7) is 3.67. The van der Waals surface area contributed by atoms with Crippen LogP contribution in [0.3, 0.4) is 0 Å². The van der Waals surface area contributed by atoms with Crippen LogP contribution in [0.2, 0.25) is 0 Å². The van der Waals surface area contributed by atoms with E-state index in [1.807, 2.05) is 11.8 Å². The number of amides is 1. The van der Waals surface area contributed by atoms with Gasteiger partial charge in [0.25, 0.3) is 5.91 Å². The second kappa shape index (κ2) is 5.49. The standard InChI is InChI=1S/C18H18FNO3/c1-11-15-3-2-14(19)8-12(15)4-6-20(11)18(21)17-16-5-7-22-9-13(16)10-23-17/h2-3,8,10-11H,4-7,9H2,1H3. The Balaban J connectivity index is 1.65. The van der Waals surface area contributed by atoms with Gasteiger partial charge in [-0.2, -0.15) is 0 Å². The Kier molecular flexibility index (Phi) is 3.45. The zero-order chi connectivity index (χ0) is 16.0. The van der Waals surface area contributed by atoms with Gasteiger partial charge >= 0.3 is 0 Å². The van der Waals surface area contributed by atoms with Crippen molar-refractivity contribution in [3.05, 3.63) is 58.3 Å². The van der Waals surface area contributed by atoms with Gasteiger partial charge in [-0.1, -0.05) is 6.07 Å². The first-order valence-corrected chi connectivity index (χ1v) is 7.91. The molecule has 0 spiro atoms. The molecule has 2 aliphatic rings. The Labute approximate surface area is 133 Å². The fourth-order valence-electron chi connectivity index (χ4n) is 3.56. The minimum atomic E-state index is -0.226. The second-order valence-electron chi connectivity index (χ2n) is 6.14. The molecule has 2 aromatic rings. The maximum Gasteiger partial charge on any atom is 0.290 e. The summed E-state index contributed by atoms with van der Waals surface area (Å²) >= 11 is 0. The molecule has 1 atom stereocenters. The third-order valence-corrected chi connectivity index (χ3v) is 4.83. The lowest BCUT2D eigenvalue weighted by Gasteiger charge is -2.35. The highest BCUT2D eigenvalue weighted by Crippen LogP contribution is 2.32. The number of nitrogens with zero attached hydrogens (tertiary/aromatic N) is 1. The molecule has 4 rings (SSSR count). The number of rotatable bonds is 1. The van der Waals surface area contributed by atoms with Gasteiger partial charge in [-0.15, -0.1) is 0 Å². The van der Waals surface area contributed by atoms with Gasteiger partial charge in [0.15, 0.2) is 5.76 Å². The van der Waals surface area contributed by atoms with E-state index in [9.17, 15) is 9.18 Å². The molecule has 1 unspecified atom stereocenters. The SMILES string of the molecule is CC1c2ccc(F)cc2CCN1C(=O)c1occ2c1CCOC2. The fraction of sp³-hybridized carbons (Fsp3) is 0.389. The monoisotopic (exact) mass is 315 g/mol. The number of ether oxygens (including phenoxy) is 1. The van der Waals surface area contributed by atoms with Crippen LogP contribution in [-0.2, 0) is 24.2 Å². The number of carbonyl (C=O) groups is 1. The van der Waals surface area contributed by atoms with Crippen molar-refractivity contribution in [2.45, 2.75) is 32.4 Å². The first kappa shape index (κ1) is 14.5. The number of hydrogen-bond donors (Lipinski definition) is 0. The molecular weight excluding hydrogens is 297 g/mol. The third-order valence-electron chi connectivity index (χ3n) is 4.83. The smallest absolute Gasteiger partial charge is 0.290 e. The van der Waals surface area contributed by atoms with Crippen LogP contribution in [0.4, 0.5) is 4.39 Å². The number of halogens is 1. The van der Waals surface area contributed by atoms with Crippen LogP contribution in [0.5, 0.6) is 0 Å².